The average Bonchev–Trinajstić information content (AvgIpc) is 2.77. The van der Waals surface area contributed by atoms with Crippen molar-refractivity contribution >= 4 is 0 Å². The fourth-order valence-electron chi connectivity index (χ4n) is 2.21. The predicted octanol–water partition coefficient (Wildman–Crippen LogP) is 8.36. The molecule has 40 heavy (non-hydrogen) atoms. The fraction of sp³-hybridized carbons (Fsp3) is 0.600. The van der Waals surface area contributed by atoms with E-state index in [1.807, 2.05) is 4.74 Å². The molecule has 0 atom stereocenters. The molecule has 0 heterocycles. The number of hydrogen-bond acceptors (Lipinski definition) is 1. The first-order chi connectivity index (χ1) is 17.1. The summed E-state index contributed by atoms with van der Waals surface area (Å²) in [7, 11) is 0. The summed E-state index contributed by atoms with van der Waals surface area (Å²) in [4.78, 5) is 0. The quantitative estimate of drug-likeness (QED) is 0.148. The second-order valence-corrected chi connectivity index (χ2v) is 7.04. The van der Waals surface area contributed by atoms with Gasteiger partial charge in [0.2, 0.25) is 34.8 Å². The van der Waals surface area contributed by atoms with Crippen LogP contribution in [0.2, 0.25) is 0 Å². The van der Waals surface area contributed by atoms with E-state index in [0.29, 0.717) is 0 Å². The van der Waals surface area contributed by atoms with Gasteiger partial charge in [0.25, 0.3) is 0 Å². The lowest BCUT2D eigenvalue weighted by molar-refractivity contribution is -0.476. The van der Waals surface area contributed by atoms with Crippen LogP contribution in [-0.4, -0.2) is 53.7 Å². The Morgan fingerprint density at radius 2 is 0.525 bits per heavy atom. The fourth-order valence-corrected chi connectivity index (χ4v) is 2.21. The topological polar surface area (TPSA) is 9.23 Å². The van der Waals surface area contributed by atoms with Gasteiger partial charge in [0.05, 0.1) is 0 Å². The molecule has 1 aromatic carbocycles. The molecule has 0 amide bonds. The average molecular weight is 652 g/mol. The molecular formula is C15F24O. The standard InChI is InChI=1S/C15F24O/c16-1-2(17)4(19)6(5(20)3(1)18)40-15(38,39)13(33,34)11(29,30)9(25,26)7(21,22)8(23,24)10(27,28)12(31,32)14(35,36)37. The van der Waals surface area contributed by atoms with E-state index in [4.69, 9.17) is 0 Å². The lowest BCUT2D eigenvalue weighted by atomic mass is 9.88. The molecule has 0 N–H and O–H groups in total. The van der Waals surface area contributed by atoms with E-state index in [1.54, 1.807) is 0 Å². The Labute approximate surface area is 200 Å². The smallest absolute Gasteiger partial charge is 0.421 e. The van der Waals surface area contributed by atoms with Crippen molar-refractivity contribution in [3.63, 3.8) is 0 Å². The van der Waals surface area contributed by atoms with Crippen molar-refractivity contribution in [1.82, 2.24) is 0 Å². The van der Waals surface area contributed by atoms with Crippen LogP contribution in [0.1, 0.15) is 0 Å². The van der Waals surface area contributed by atoms with Gasteiger partial charge in [-0.2, -0.15) is 92.2 Å². The van der Waals surface area contributed by atoms with Crippen LogP contribution in [0.5, 0.6) is 5.75 Å². The minimum atomic E-state index is -9.29. The zero-order chi connectivity index (χ0) is 32.7. The van der Waals surface area contributed by atoms with Crippen molar-refractivity contribution in [2.45, 2.75) is 53.7 Å². The van der Waals surface area contributed by atoms with E-state index >= 15 is 0 Å². The monoisotopic (exact) mass is 652 g/mol. The van der Waals surface area contributed by atoms with Gasteiger partial charge in [-0.15, -0.1) is 0 Å². The third-order valence-electron chi connectivity index (χ3n) is 4.49. The molecule has 25 heteroatoms. The number of benzene rings is 1. The second kappa shape index (κ2) is 9.17. The molecule has 0 saturated heterocycles. The minimum Gasteiger partial charge on any atom is -0.421 e. The SMILES string of the molecule is Fc1c(F)c(F)c(OC(F)(F)C(F)(F)C(F)(F)C(F)(F)C(F)(F)C(F)(F)C(F)(F)C(F)(F)C(F)(F)F)c(F)c1F. The van der Waals surface area contributed by atoms with Gasteiger partial charge in [-0.1, -0.05) is 0 Å². The van der Waals surface area contributed by atoms with Crippen LogP contribution in [0, 0.1) is 29.1 Å². The molecule has 0 aliphatic rings. The van der Waals surface area contributed by atoms with Gasteiger partial charge in [0.1, 0.15) is 0 Å². The first-order valence-corrected chi connectivity index (χ1v) is 8.44. The van der Waals surface area contributed by atoms with Crippen LogP contribution < -0.4 is 4.74 Å². The summed E-state index contributed by atoms with van der Waals surface area (Å²) in [6.45, 7) is 0. The van der Waals surface area contributed by atoms with Crippen LogP contribution in [0.25, 0.3) is 0 Å². The lowest BCUT2D eigenvalue weighted by Crippen LogP contribution is -2.76. The third-order valence-corrected chi connectivity index (χ3v) is 4.49. The van der Waals surface area contributed by atoms with Crippen molar-refractivity contribution in [3.05, 3.63) is 29.1 Å². The highest BCUT2D eigenvalue weighted by molar-refractivity contribution is 5.30. The molecule has 1 aromatic rings. The molecule has 234 valence electrons. The number of alkyl halides is 19. The number of halogens is 24. The zero-order valence-corrected chi connectivity index (χ0v) is 17.0. The van der Waals surface area contributed by atoms with Gasteiger partial charge in [-0.3, -0.25) is 0 Å². The number of ether oxygens (including phenoxy) is 1. The third kappa shape index (κ3) is 4.31. The highest BCUT2D eigenvalue weighted by atomic mass is 19.4. The molecule has 1 nitrogen and oxygen atoms in total. The Bertz CT molecular complexity index is 1100. The van der Waals surface area contributed by atoms with Crippen LogP contribution in [-0.2, 0) is 0 Å². The molecule has 0 saturated carbocycles. The van der Waals surface area contributed by atoms with E-state index in [9.17, 15) is 105 Å². The molecular weight excluding hydrogens is 652 g/mol. The molecule has 0 fully saturated rings. The Hall–Kier alpha value is -2.66. The molecule has 0 unspecified atom stereocenters. The van der Waals surface area contributed by atoms with Crippen molar-refractivity contribution in [2.75, 3.05) is 0 Å². The lowest BCUT2D eigenvalue weighted by Gasteiger charge is -2.43. The zero-order valence-electron chi connectivity index (χ0n) is 17.0. The first-order valence-electron chi connectivity index (χ1n) is 8.44. The maximum absolute atomic E-state index is 13.6. The van der Waals surface area contributed by atoms with Crippen LogP contribution in [0.15, 0.2) is 0 Å². The second-order valence-electron chi connectivity index (χ2n) is 7.04. The van der Waals surface area contributed by atoms with E-state index in [-0.39, 0.29) is 0 Å². The Kier molecular flexibility index (Phi) is 8.11. The first kappa shape index (κ1) is 35.4. The predicted molar refractivity (Wildman–Crippen MR) is 72.5 cm³/mol. The number of hydrogen-bond donors (Lipinski definition) is 0. The maximum Gasteiger partial charge on any atom is 0.471 e. The summed E-state index contributed by atoms with van der Waals surface area (Å²) in [5.41, 5.74) is 0. The van der Waals surface area contributed by atoms with Gasteiger partial charge in [0, 0.05) is 0 Å². The minimum absolute atomic E-state index is 2.05. The van der Waals surface area contributed by atoms with E-state index in [2.05, 4.69) is 0 Å². The molecule has 0 radical (unpaired) electrons. The molecule has 0 bridgehead atoms. The largest absolute Gasteiger partial charge is 0.471 e. The van der Waals surface area contributed by atoms with E-state index in [1.165, 1.54) is 0 Å². The van der Waals surface area contributed by atoms with Crippen LogP contribution in [0.3, 0.4) is 0 Å². The van der Waals surface area contributed by atoms with Crippen molar-refractivity contribution in [3.8, 4) is 5.75 Å². The summed E-state index contributed by atoms with van der Waals surface area (Å²) in [5.74, 6) is -84.4. The molecule has 1 rings (SSSR count). The van der Waals surface area contributed by atoms with Gasteiger partial charge >= 0.3 is 53.7 Å². The molecule has 0 aromatic heterocycles. The van der Waals surface area contributed by atoms with Crippen molar-refractivity contribution < 1.29 is 110 Å². The van der Waals surface area contributed by atoms with E-state index in [0.717, 1.165) is 0 Å². The maximum atomic E-state index is 13.6. The van der Waals surface area contributed by atoms with Crippen molar-refractivity contribution in [2.24, 2.45) is 0 Å². The highest BCUT2D eigenvalue weighted by Gasteiger charge is 2.97. The van der Waals surface area contributed by atoms with Gasteiger partial charge in [-0.05, 0) is 0 Å². The van der Waals surface area contributed by atoms with Crippen LogP contribution in [0.4, 0.5) is 105 Å². The van der Waals surface area contributed by atoms with Crippen LogP contribution >= 0.6 is 0 Å². The normalized spacial score (nSPS) is 15.5. The summed E-state index contributed by atoms with van der Waals surface area (Å²) in [6.07, 6.45) is -16.1. The summed E-state index contributed by atoms with van der Waals surface area (Å²) in [5, 5.41) is 0. The Morgan fingerprint density at radius 3 is 0.800 bits per heavy atom. The van der Waals surface area contributed by atoms with Crippen molar-refractivity contribution in [1.29, 1.82) is 0 Å². The number of rotatable bonds is 9. The Balaban J connectivity index is 3.81. The molecule has 0 spiro atoms. The highest BCUT2D eigenvalue weighted by Crippen LogP contribution is 2.65. The summed E-state index contributed by atoms with van der Waals surface area (Å²) in [6, 6.07) is 0. The van der Waals surface area contributed by atoms with Gasteiger partial charge in [0.15, 0.2) is 0 Å². The molecule has 0 aliphatic carbocycles. The summed E-state index contributed by atoms with van der Waals surface area (Å²) < 4.78 is 317. The van der Waals surface area contributed by atoms with Gasteiger partial charge in [-0.25, -0.2) is 13.2 Å². The van der Waals surface area contributed by atoms with E-state index < -0.39 is 88.6 Å². The Morgan fingerprint density at radius 1 is 0.300 bits per heavy atom. The van der Waals surface area contributed by atoms with Gasteiger partial charge < -0.3 is 4.74 Å². The molecule has 0 aliphatic heterocycles. The summed E-state index contributed by atoms with van der Waals surface area (Å²) >= 11 is 0.